The molecule has 3 amide bonds. The third-order valence-electron chi connectivity index (χ3n) is 4.41. The Hall–Kier alpha value is -2.97. The Kier molecular flexibility index (Phi) is 12.8. The molecule has 0 aromatic rings. The summed E-state index contributed by atoms with van der Waals surface area (Å²) in [4.78, 5) is 52.1. The van der Waals surface area contributed by atoms with Crippen LogP contribution in [0.4, 0.5) is 0 Å². The maximum atomic E-state index is 12.5. The van der Waals surface area contributed by atoms with Crippen molar-refractivity contribution in [3.05, 3.63) is 0 Å². The van der Waals surface area contributed by atoms with Crippen molar-refractivity contribution in [2.24, 2.45) is 28.1 Å². The fraction of sp³-hybridized carbons (Fsp3) is 0.722. The Morgan fingerprint density at radius 2 is 1.50 bits per heavy atom. The standard InChI is InChI=1S/C18H35N7O7/c1-8(2)12(17(31)32)24-16(30)13(9(3)27)25-15(29)11(7-26)23-14(28)10(19)5-4-6-22-18(20)21/h8-13,26-27H,4-7,19H2,1-3H3,(H,23,28)(H,24,30)(H,25,29)(H,31,32)(H4,20,21,22). The Morgan fingerprint density at radius 3 is 1.94 bits per heavy atom. The van der Waals surface area contributed by atoms with E-state index in [4.69, 9.17) is 17.2 Å². The molecule has 12 N–H and O–H groups in total. The van der Waals surface area contributed by atoms with Crippen LogP contribution >= 0.6 is 0 Å². The molecule has 0 aliphatic rings. The highest BCUT2D eigenvalue weighted by atomic mass is 16.4. The zero-order chi connectivity index (χ0) is 25.0. The molecule has 0 saturated heterocycles. The molecule has 184 valence electrons. The maximum Gasteiger partial charge on any atom is 0.326 e. The minimum atomic E-state index is -1.53. The van der Waals surface area contributed by atoms with Gasteiger partial charge in [-0.2, -0.15) is 0 Å². The maximum absolute atomic E-state index is 12.5. The number of aliphatic hydroxyl groups is 2. The molecular weight excluding hydrogens is 426 g/mol. The van der Waals surface area contributed by atoms with E-state index >= 15 is 0 Å². The van der Waals surface area contributed by atoms with E-state index < -0.39 is 66.5 Å². The van der Waals surface area contributed by atoms with E-state index in [1.807, 2.05) is 0 Å². The average molecular weight is 462 g/mol. The van der Waals surface area contributed by atoms with E-state index in [2.05, 4.69) is 20.9 Å². The zero-order valence-corrected chi connectivity index (χ0v) is 18.4. The van der Waals surface area contributed by atoms with Crippen molar-refractivity contribution in [3.63, 3.8) is 0 Å². The number of aliphatic imine (C=N–C) groups is 1. The van der Waals surface area contributed by atoms with Gasteiger partial charge in [0.15, 0.2) is 5.96 Å². The Labute approximate surface area is 186 Å². The van der Waals surface area contributed by atoms with Crippen LogP contribution in [0.25, 0.3) is 0 Å². The van der Waals surface area contributed by atoms with Crippen LogP contribution in [0.5, 0.6) is 0 Å². The van der Waals surface area contributed by atoms with Crippen LogP contribution in [0.15, 0.2) is 4.99 Å². The molecule has 0 saturated carbocycles. The fourth-order valence-electron chi connectivity index (χ4n) is 2.54. The van der Waals surface area contributed by atoms with Gasteiger partial charge in [-0.3, -0.25) is 19.4 Å². The lowest BCUT2D eigenvalue weighted by molar-refractivity contribution is -0.144. The quantitative estimate of drug-likeness (QED) is 0.0686. The minimum absolute atomic E-state index is 0.0974. The number of amides is 3. The number of nitrogens with two attached hydrogens (primary N) is 3. The summed E-state index contributed by atoms with van der Waals surface area (Å²) in [5.41, 5.74) is 16.1. The molecule has 14 nitrogen and oxygen atoms in total. The summed E-state index contributed by atoms with van der Waals surface area (Å²) >= 11 is 0. The van der Waals surface area contributed by atoms with E-state index in [0.29, 0.717) is 6.42 Å². The molecule has 0 rings (SSSR count). The van der Waals surface area contributed by atoms with E-state index in [1.165, 1.54) is 6.92 Å². The highest BCUT2D eigenvalue weighted by Gasteiger charge is 2.33. The molecule has 32 heavy (non-hydrogen) atoms. The fourth-order valence-corrected chi connectivity index (χ4v) is 2.54. The summed E-state index contributed by atoms with van der Waals surface area (Å²) in [6.07, 6.45) is -0.798. The third-order valence-corrected chi connectivity index (χ3v) is 4.41. The van der Waals surface area contributed by atoms with Crippen molar-refractivity contribution < 1.29 is 34.5 Å². The van der Waals surface area contributed by atoms with Gasteiger partial charge in [-0.15, -0.1) is 0 Å². The van der Waals surface area contributed by atoms with Crippen molar-refractivity contribution in [2.45, 2.75) is 63.9 Å². The molecule has 5 atom stereocenters. The number of rotatable bonds is 14. The number of carboxylic acids is 1. The first-order valence-corrected chi connectivity index (χ1v) is 10.1. The number of aliphatic carboxylic acids is 1. The van der Waals surface area contributed by atoms with Gasteiger partial charge in [0.25, 0.3) is 0 Å². The number of carboxylic acid groups (broad SMARTS) is 1. The van der Waals surface area contributed by atoms with Crippen molar-refractivity contribution in [3.8, 4) is 0 Å². The summed E-state index contributed by atoms with van der Waals surface area (Å²) in [7, 11) is 0. The van der Waals surface area contributed by atoms with Gasteiger partial charge in [0.2, 0.25) is 17.7 Å². The molecular formula is C18H35N7O7. The first kappa shape index (κ1) is 29.0. The predicted molar refractivity (Wildman–Crippen MR) is 115 cm³/mol. The second-order valence-electron chi connectivity index (χ2n) is 7.59. The first-order chi connectivity index (χ1) is 14.8. The molecule has 0 aliphatic carbocycles. The third kappa shape index (κ3) is 10.4. The van der Waals surface area contributed by atoms with Gasteiger partial charge in [-0.25, -0.2) is 4.79 Å². The molecule has 0 aromatic carbocycles. The van der Waals surface area contributed by atoms with E-state index in [9.17, 15) is 34.5 Å². The molecule has 0 aromatic heterocycles. The van der Waals surface area contributed by atoms with Gasteiger partial charge < -0.3 is 48.5 Å². The van der Waals surface area contributed by atoms with Crippen molar-refractivity contribution >= 4 is 29.7 Å². The number of hydrogen-bond acceptors (Lipinski definition) is 8. The summed E-state index contributed by atoms with van der Waals surface area (Å²) in [6, 6.07) is -5.24. The summed E-state index contributed by atoms with van der Waals surface area (Å²) in [6.45, 7) is 3.82. The van der Waals surface area contributed by atoms with Crippen molar-refractivity contribution in [1.82, 2.24) is 16.0 Å². The lowest BCUT2D eigenvalue weighted by atomic mass is 10.0. The molecule has 5 unspecified atom stereocenters. The topological polar surface area (TPSA) is 255 Å². The lowest BCUT2D eigenvalue weighted by Gasteiger charge is -2.26. The van der Waals surface area contributed by atoms with Crippen LogP contribution in [-0.4, -0.2) is 88.4 Å². The van der Waals surface area contributed by atoms with Crippen molar-refractivity contribution in [2.75, 3.05) is 13.2 Å². The van der Waals surface area contributed by atoms with E-state index in [-0.39, 0.29) is 18.9 Å². The molecule has 0 spiro atoms. The number of carbonyl (C=O) groups is 4. The molecule has 0 fully saturated rings. The normalized spacial score (nSPS) is 15.6. The Balaban J connectivity index is 5.04. The zero-order valence-electron chi connectivity index (χ0n) is 18.4. The summed E-state index contributed by atoms with van der Waals surface area (Å²) in [5, 5.41) is 35.3. The van der Waals surface area contributed by atoms with Crippen LogP contribution in [-0.2, 0) is 19.2 Å². The monoisotopic (exact) mass is 461 g/mol. The van der Waals surface area contributed by atoms with Crippen LogP contribution in [0.1, 0.15) is 33.6 Å². The van der Waals surface area contributed by atoms with E-state index in [1.54, 1.807) is 13.8 Å². The second kappa shape index (κ2) is 14.2. The predicted octanol–water partition coefficient (Wildman–Crippen LogP) is -4.06. The van der Waals surface area contributed by atoms with Gasteiger partial charge >= 0.3 is 5.97 Å². The Bertz CT molecular complexity index is 681. The Morgan fingerprint density at radius 1 is 0.938 bits per heavy atom. The van der Waals surface area contributed by atoms with Gasteiger partial charge in [-0.1, -0.05) is 13.8 Å². The molecule has 14 heteroatoms. The summed E-state index contributed by atoms with van der Waals surface area (Å²) in [5.74, 6) is -4.47. The highest BCUT2D eigenvalue weighted by molar-refractivity contribution is 5.94. The number of nitrogens with zero attached hydrogens (tertiary/aromatic N) is 1. The molecule has 0 bridgehead atoms. The first-order valence-electron chi connectivity index (χ1n) is 10.1. The number of aliphatic hydroxyl groups excluding tert-OH is 2. The molecule has 0 radical (unpaired) electrons. The highest BCUT2D eigenvalue weighted by Crippen LogP contribution is 2.04. The van der Waals surface area contributed by atoms with Crippen LogP contribution in [0.3, 0.4) is 0 Å². The van der Waals surface area contributed by atoms with Crippen LogP contribution < -0.4 is 33.2 Å². The minimum Gasteiger partial charge on any atom is -0.480 e. The SMILES string of the molecule is CC(C)C(NC(=O)C(NC(=O)C(CO)NC(=O)C(N)CCCN=C(N)N)C(C)O)C(=O)O. The van der Waals surface area contributed by atoms with Gasteiger partial charge in [0.1, 0.15) is 18.1 Å². The van der Waals surface area contributed by atoms with Gasteiger partial charge in [-0.05, 0) is 25.7 Å². The number of hydrogen-bond donors (Lipinski definition) is 9. The van der Waals surface area contributed by atoms with Gasteiger partial charge in [0.05, 0.1) is 18.8 Å². The molecule has 0 heterocycles. The number of guanidine groups is 1. The number of carbonyl (C=O) groups excluding carboxylic acids is 3. The van der Waals surface area contributed by atoms with Gasteiger partial charge in [0, 0.05) is 6.54 Å². The van der Waals surface area contributed by atoms with Crippen molar-refractivity contribution in [1.29, 1.82) is 0 Å². The lowest BCUT2D eigenvalue weighted by Crippen LogP contribution is -2.61. The van der Waals surface area contributed by atoms with E-state index in [0.717, 1.165) is 0 Å². The summed E-state index contributed by atoms with van der Waals surface area (Å²) < 4.78 is 0. The van der Waals surface area contributed by atoms with Crippen LogP contribution in [0.2, 0.25) is 0 Å². The molecule has 0 aliphatic heterocycles. The smallest absolute Gasteiger partial charge is 0.326 e. The number of nitrogens with one attached hydrogen (secondary N) is 3. The second-order valence-corrected chi connectivity index (χ2v) is 7.59. The largest absolute Gasteiger partial charge is 0.480 e. The van der Waals surface area contributed by atoms with Crippen LogP contribution in [0, 0.1) is 5.92 Å². The average Bonchev–Trinajstić information content (AvgIpc) is 2.69.